The summed E-state index contributed by atoms with van der Waals surface area (Å²) in [5.41, 5.74) is 0.994. The molecule has 1 unspecified atom stereocenters. The number of aliphatic carboxylic acids is 1. The molecular formula is C17H25NO4. The number of rotatable bonds is 9. The summed E-state index contributed by atoms with van der Waals surface area (Å²) in [7, 11) is 0. The van der Waals surface area contributed by atoms with Crippen LogP contribution in [0.4, 0.5) is 5.69 Å². The highest BCUT2D eigenvalue weighted by molar-refractivity contribution is 5.70. The maximum Gasteiger partial charge on any atom is 0.308 e. The van der Waals surface area contributed by atoms with Gasteiger partial charge in [0.2, 0.25) is 6.79 Å². The fourth-order valence-corrected chi connectivity index (χ4v) is 2.55. The number of carboxylic acids is 1. The number of fused-ring (bicyclic) bond motifs is 1. The van der Waals surface area contributed by atoms with Gasteiger partial charge in [-0.2, -0.15) is 0 Å². The van der Waals surface area contributed by atoms with Crippen molar-refractivity contribution in [2.75, 3.05) is 24.8 Å². The quantitative estimate of drug-likeness (QED) is 0.707. The second-order valence-corrected chi connectivity index (χ2v) is 5.78. The minimum Gasteiger partial charge on any atom is -0.481 e. The highest BCUT2D eigenvalue weighted by Crippen LogP contribution is 2.35. The molecule has 2 rings (SSSR count). The Labute approximate surface area is 131 Å². The number of nitrogens with zero attached hydrogens (tertiary/aromatic N) is 1. The zero-order chi connectivity index (χ0) is 15.9. The summed E-state index contributed by atoms with van der Waals surface area (Å²) in [4.78, 5) is 13.3. The van der Waals surface area contributed by atoms with Crippen LogP contribution in [0.1, 0.15) is 39.5 Å². The van der Waals surface area contributed by atoms with E-state index >= 15 is 0 Å². The molecule has 0 radical (unpaired) electrons. The Kier molecular flexibility index (Phi) is 5.92. The number of carboxylic acid groups (broad SMARTS) is 1. The Hall–Kier alpha value is -1.91. The van der Waals surface area contributed by atoms with Crippen LogP contribution in [0.3, 0.4) is 0 Å². The fourth-order valence-electron chi connectivity index (χ4n) is 2.55. The third kappa shape index (κ3) is 4.29. The summed E-state index contributed by atoms with van der Waals surface area (Å²) in [6.07, 6.45) is 4.63. The first-order chi connectivity index (χ1) is 10.6. The number of hydrogen-bond acceptors (Lipinski definition) is 4. The first-order valence-corrected chi connectivity index (χ1v) is 7.99. The molecule has 5 heteroatoms. The number of ether oxygens (including phenoxy) is 2. The van der Waals surface area contributed by atoms with E-state index in [1.165, 1.54) is 19.3 Å². The van der Waals surface area contributed by atoms with Crippen LogP contribution in [0.5, 0.6) is 11.5 Å². The molecule has 1 aromatic carbocycles. The normalized spacial score (nSPS) is 13.9. The topological polar surface area (TPSA) is 59.0 Å². The highest BCUT2D eigenvalue weighted by atomic mass is 16.7. The molecule has 22 heavy (non-hydrogen) atoms. The Morgan fingerprint density at radius 3 is 2.77 bits per heavy atom. The van der Waals surface area contributed by atoms with Gasteiger partial charge in [-0.05, 0) is 18.6 Å². The van der Waals surface area contributed by atoms with Gasteiger partial charge in [-0.3, -0.25) is 4.79 Å². The Bertz CT molecular complexity index is 503. The van der Waals surface area contributed by atoms with Crippen LogP contribution in [-0.2, 0) is 4.79 Å². The third-order valence-corrected chi connectivity index (χ3v) is 3.92. The van der Waals surface area contributed by atoms with Gasteiger partial charge in [0.25, 0.3) is 0 Å². The number of carbonyl (C=O) groups is 1. The van der Waals surface area contributed by atoms with Crippen LogP contribution in [0, 0.1) is 5.92 Å². The van der Waals surface area contributed by atoms with Crippen LogP contribution < -0.4 is 14.4 Å². The molecule has 1 aliphatic heterocycles. The van der Waals surface area contributed by atoms with E-state index in [1.807, 2.05) is 18.2 Å². The van der Waals surface area contributed by atoms with Crippen molar-refractivity contribution < 1.29 is 19.4 Å². The van der Waals surface area contributed by atoms with E-state index in [4.69, 9.17) is 9.47 Å². The first kappa shape index (κ1) is 16.5. The van der Waals surface area contributed by atoms with Crippen molar-refractivity contribution in [2.45, 2.75) is 39.5 Å². The van der Waals surface area contributed by atoms with E-state index in [0.717, 1.165) is 30.2 Å². The van der Waals surface area contributed by atoms with Gasteiger partial charge in [0.05, 0.1) is 5.92 Å². The summed E-state index contributed by atoms with van der Waals surface area (Å²) < 4.78 is 10.8. The minimum absolute atomic E-state index is 0.251. The predicted octanol–water partition coefficient (Wildman–Crippen LogP) is 3.52. The lowest BCUT2D eigenvalue weighted by atomic mass is 10.1. The van der Waals surface area contributed by atoms with E-state index in [2.05, 4.69) is 11.8 Å². The molecule has 1 aromatic rings. The lowest BCUT2D eigenvalue weighted by Crippen LogP contribution is -2.32. The molecule has 5 nitrogen and oxygen atoms in total. The highest BCUT2D eigenvalue weighted by Gasteiger charge is 2.19. The predicted molar refractivity (Wildman–Crippen MR) is 85.7 cm³/mol. The van der Waals surface area contributed by atoms with E-state index < -0.39 is 11.9 Å². The molecule has 122 valence electrons. The monoisotopic (exact) mass is 307 g/mol. The molecule has 0 saturated heterocycles. The van der Waals surface area contributed by atoms with Gasteiger partial charge in [-0.25, -0.2) is 0 Å². The standard InChI is InChI=1S/C17H25NO4/c1-3-4-5-6-9-18(11-13(2)17(19)20)14-7-8-15-16(10-14)22-12-21-15/h7-8,10,13H,3-6,9,11-12H2,1-2H3,(H,19,20). The van der Waals surface area contributed by atoms with Crippen molar-refractivity contribution in [3.05, 3.63) is 18.2 Å². The molecule has 0 fully saturated rings. The van der Waals surface area contributed by atoms with Crippen molar-refractivity contribution in [2.24, 2.45) is 5.92 Å². The third-order valence-electron chi connectivity index (χ3n) is 3.92. The van der Waals surface area contributed by atoms with Crippen molar-refractivity contribution in [3.63, 3.8) is 0 Å². The van der Waals surface area contributed by atoms with E-state index in [0.29, 0.717) is 6.54 Å². The second-order valence-electron chi connectivity index (χ2n) is 5.78. The molecule has 1 aliphatic rings. The van der Waals surface area contributed by atoms with E-state index in [9.17, 15) is 9.90 Å². The van der Waals surface area contributed by atoms with Gasteiger partial charge < -0.3 is 19.5 Å². The lowest BCUT2D eigenvalue weighted by molar-refractivity contribution is -0.140. The largest absolute Gasteiger partial charge is 0.481 e. The van der Waals surface area contributed by atoms with Gasteiger partial charge in [0.1, 0.15) is 0 Å². The zero-order valence-electron chi connectivity index (χ0n) is 13.4. The smallest absolute Gasteiger partial charge is 0.308 e. The molecule has 0 saturated carbocycles. The molecule has 0 aliphatic carbocycles. The Morgan fingerprint density at radius 1 is 1.27 bits per heavy atom. The Balaban J connectivity index is 2.06. The van der Waals surface area contributed by atoms with Crippen LogP contribution >= 0.6 is 0 Å². The van der Waals surface area contributed by atoms with Crippen molar-refractivity contribution in [1.82, 2.24) is 0 Å². The molecule has 0 amide bonds. The van der Waals surface area contributed by atoms with Gasteiger partial charge in [0, 0.05) is 24.8 Å². The number of hydrogen-bond donors (Lipinski definition) is 1. The molecule has 1 N–H and O–H groups in total. The van der Waals surface area contributed by atoms with Gasteiger partial charge in [-0.1, -0.05) is 33.1 Å². The number of benzene rings is 1. The van der Waals surface area contributed by atoms with E-state index in [1.54, 1.807) is 6.92 Å². The molecule has 1 heterocycles. The minimum atomic E-state index is -0.765. The summed E-state index contributed by atoms with van der Waals surface area (Å²) in [5.74, 6) is 0.316. The van der Waals surface area contributed by atoms with Gasteiger partial charge in [-0.15, -0.1) is 0 Å². The molecule has 0 bridgehead atoms. The first-order valence-electron chi connectivity index (χ1n) is 7.99. The lowest BCUT2D eigenvalue weighted by Gasteiger charge is -2.27. The van der Waals surface area contributed by atoms with Crippen LogP contribution in [-0.4, -0.2) is 31.0 Å². The van der Waals surface area contributed by atoms with Crippen molar-refractivity contribution in [3.8, 4) is 11.5 Å². The average molecular weight is 307 g/mol. The molecule has 0 aromatic heterocycles. The molecule has 0 spiro atoms. The van der Waals surface area contributed by atoms with Crippen molar-refractivity contribution in [1.29, 1.82) is 0 Å². The van der Waals surface area contributed by atoms with Gasteiger partial charge >= 0.3 is 5.97 Å². The summed E-state index contributed by atoms with van der Waals surface area (Å²) in [6.45, 7) is 5.54. The Morgan fingerprint density at radius 2 is 2.05 bits per heavy atom. The number of unbranched alkanes of at least 4 members (excludes halogenated alkanes) is 3. The maximum atomic E-state index is 11.2. The number of anilines is 1. The SMILES string of the molecule is CCCCCCN(CC(C)C(=O)O)c1ccc2c(c1)OCO2. The summed E-state index contributed by atoms with van der Waals surface area (Å²) in [5, 5.41) is 9.17. The summed E-state index contributed by atoms with van der Waals surface area (Å²) in [6, 6.07) is 5.81. The molecular weight excluding hydrogens is 282 g/mol. The fraction of sp³-hybridized carbons (Fsp3) is 0.588. The van der Waals surface area contributed by atoms with Crippen LogP contribution in [0.15, 0.2) is 18.2 Å². The van der Waals surface area contributed by atoms with Crippen LogP contribution in [0.25, 0.3) is 0 Å². The van der Waals surface area contributed by atoms with Crippen LogP contribution in [0.2, 0.25) is 0 Å². The maximum absolute atomic E-state index is 11.2. The summed E-state index contributed by atoms with van der Waals surface area (Å²) >= 11 is 0. The zero-order valence-corrected chi connectivity index (χ0v) is 13.4. The van der Waals surface area contributed by atoms with Gasteiger partial charge in [0.15, 0.2) is 11.5 Å². The average Bonchev–Trinajstić information content (AvgIpc) is 2.97. The van der Waals surface area contributed by atoms with Crippen molar-refractivity contribution >= 4 is 11.7 Å². The molecule has 1 atom stereocenters. The van der Waals surface area contributed by atoms with E-state index in [-0.39, 0.29) is 6.79 Å². The second kappa shape index (κ2) is 7.92.